The van der Waals surface area contributed by atoms with E-state index in [2.05, 4.69) is 9.97 Å². The molecule has 4 rings (SSSR count). The topological polar surface area (TPSA) is 70.5 Å². The van der Waals surface area contributed by atoms with Gasteiger partial charge in [-0.15, -0.1) is 0 Å². The zero-order valence-electron chi connectivity index (χ0n) is 15.6. The first-order valence-electron chi connectivity index (χ1n) is 9.49. The fourth-order valence-corrected chi connectivity index (χ4v) is 4.21. The molecule has 1 aliphatic rings. The van der Waals surface area contributed by atoms with Crippen molar-refractivity contribution in [2.75, 3.05) is 13.6 Å². The van der Waals surface area contributed by atoms with E-state index in [1.54, 1.807) is 30.3 Å². The third-order valence-corrected chi connectivity index (χ3v) is 5.93. The first kappa shape index (κ1) is 18.0. The van der Waals surface area contributed by atoms with Crippen LogP contribution in [0.1, 0.15) is 61.1 Å². The van der Waals surface area contributed by atoms with E-state index in [-0.39, 0.29) is 11.5 Å². The second kappa shape index (κ2) is 7.00. The maximum atomic E-state index is 12.6. The van der Waals surface area contributed by atoms with E-state index < -0.39 is 0 Å². The summed E-state index contributed by atoms with van der Waals surface area (Å²) in [5.74, 6) is 1.10. The number of rotatable bonds is 3. The van der Waals surface area contributed by atoms with Crippen LogP contribution in [0.2, 0.25) is 5.02 Å². The number of amides is 1. The number of hydrogen-bond donors (Lipinski definition) is 1. The minimum atomic E-state index is -0.207. The highest BCUT2D eigenvalue weighted by Crippen LogP contribution is 2.33. The average molecular weight is 387 g/mol. The molecule has 0 unspecified atom stereocenters. The van der Waals surface area contributed by atoms with Crippen LogP contribution in [-0.4, -0.2) is 38.8 Å². The van der Waals surface area contributed by atoms with Gasteiger partial charge in [-0.3, -0.25) is 14.0 Å². The second-order valence-electron chi connectivity index (χ2n) is 7.29. The van der Waals surface area contributed by atoms with Crippen molar-refractivity contribution in [3.63, 3.8) is 0 Å². The summed E-state index contributed by atoms with van der Waals surface area (Å²) in [6, 6.07) is 3.45. The number of hydrogen-bond acceptors (Lipinski definition) is 3. The van der Waals surface area contributed by atoms with Crippen LogP contribution in [0.5, 0.6) is 0 Å². The van der Waals surface area contributed by atoms with Crippen LogP contribution in [0.3, 0.4) is 0 Å². The summed E-state index contributed by atoms with van der Waals surface area (Å²) >= 11 is 6.47. The normalized spacial score (nSPS) is 15.5. The summed E-state index contributed by atoms with van der Waals surface area (Å²) in [5.41, 5.74) is 2.08. The molecule has 1 N–H and O–H groups in total. The van der Waals surface area contributed by atoms with Crippen molar-refractivity contribution in [1.29, 1.82) is 0 Å². The highest BCUT2D eigenvalue weighted by atomic mass is 35.5. The van der Waals surface area contributed by atoms with Crippen molar-refractivity contribution in [3.05, 3.63) is 45.1 Å². The Morgan fingerprint density at radius 1 is 1.30 bits per heavy atom. The second-order valence-corrected chi connectivity index (χ2v) is 7.70. The molecule has 3 aromatic rings. The first-order chi connectivity index (χ1) is 13.0. The molecule has 0 bridgehead atoms. The van der Waals surface area contributed by atoms with Crippen molar-refractivity contribution in [2.45, 2.75) is 44.9 Å². The van der Waals surface area contributed by atoms with Crippen LogP contribution in [0.4, 0.5) is 0 Å². The molecule has 0 aliphatic heterocycles. The maximum absolute atomic E-state index is 12.6. The van der Waals surface area contributed by atoms with Gasteiger partial charge in [-0.25, -0.2) is 4.98 Å². The van der Waals surface area contributed by atoms with E-state index in [1.807, 2.05) is 11.3 Å². The van der Waals surface area contributed by atoms with Gasteiger partial charge in [0.15, 0.2) is 0 Å². The van der Waals surface area contributed by atoms with Crippen molar-refractivity contribution in [1.82, 2.24) is 19.3 Å². The third kappa shape index (κ3) is 3.02. The highest BCUT2D eigenvalue weighted by molar-refractivity contribution is 6.34. The molecule has 0 radical (unpaired) electrons. The quantitative estimate of drug-likeness (QED) is 0.740. The fraction of sp³-hybridized carbons (Fsp3) is 0.450. The van der Waals surface area contributed by atoms with E-state index in [0.29, 0.717) is 34.1 Å². The SMILES string of the molecule is CCN(C)C(=O)c1cc2[nH]c(=O)c3cnc(C4CCCCC4)n3c2cc1Cl. The molecule has 0 atom stereocenters. The number of nitrogens with one attached hydrogen (secondary N) is 1. The van der Waals surface area contributed by atoms with Gasteiger partial charge in [0.1, 0.15) is 11.3 Å². The molecule has 0 saturated heterocycles. The molecule has 1 amide bonds. The maximum Gasteiger partial charge on any atom is 0.274 e. The third-order valence-electron chi connectivity index (χ3n) is 5.62. The Labute approximate surface area is 162 Å². The molecule has 7 heteroatoms. The molecule has 2 aromatic heterocycles. The van der Waals surface area contributed by atoms with Crippen molar-refractivity contribution in [3.8, 4) is 0 Å². The number of H-pyrrole nitrogens is 1. The van der Waals surface area contributed by atoms with Crippen LogP contribution in [-0.2, 0) is 0 Å². The van der Waals surface area contributed by atoms with E-state index in [1.165, 1.54) is 19.3 Å². The van der Waals surface area contributed by atoms with Crippen LogP contribution < -0.4 is 5.56 Å². The number of nitrogens with zero attached hydrogens (tertiary/aromatic N) is 3. The lowest BCUT2D eigenvalue weighted by atomic mass is 9.89. The lowest BCUT2D eigenvalue weighted by Crippen LogP contribution is -2.26. The van der Waals surface area contributed by atoms with Crippen molar-refractivity contribution < 1.29 is 4.79 Å². The van der Waals surface area contributed by atoms with Gasteiger partial charge >= 0.3 is 0 Å². The molecule has 1 aliphatic carbocycles. The lowest BCUT2D eigenvalue weighted by molar-refractivity contribution is 0.0802. The first-order valence-corrected chi connectivity index (χ1v) is 9.87. The molecule has 1 saturated carbocycles. The van der Waals surface area contributed by atoms with Gasteiger partial charge in [0.05, 0.1) is 27.8 Å². The van der Waals surface area contributed by atoms with E-state index >= 15 is 0 Å². The Hall–Kier alpha value is -2.34. The summed E-state index contributed by atoms with van der Waals surface area (Å²) in [6.45, 7) is 2.48. The summed E-state index contributed by atoms with van der Waals surface area (Å²) in [6.07, 6.45) is 7.42. The van der Waals surface area contributed by atoms with Crippen LogP contribution in [0.25, 0.3) is 16.6 Å². The van der Waals surface area contributed by atoms with Gasteiger partial charge in [-0.2, -0.15) is 0 Å². The largest absolute Gasteiger partial charge is 0.342 e. The number of fused-ring (bicyclic) bond motifs is 3. The number of aromatic nitrogens is 3. The molecule has 1 aromatic carbocycles. The summed E-state index contributed by atoms with van der Waals surface area (Å²) in [5, 5.41) is 0.379. The smallest absolute Gasteiger partial charge is 0.274 e. The van der Waals surface area contributed by atoms with Crippen LogP contribution >= 0.6 is 11.6 Å². The highest BCUT2D eigenvalue weighted by Gasteiger charge is 2.23. The Kier molecular flexibility index (Phi) is 4.68. The van der Waals surface area contributed by atoms with Gasteiger partial charge < -0.3 is 9.88 Å². The van der Waals surface area contributed by atoms with Gasteiger partial charge in [0.2, 0.25) is 0 Å². The number of benzene rings is 1. The minimum Gasteiger partial charge on any atom is -0.342 e. The molecule has 27 heavy (non-hydrogen) atoms. The van der Waals surface area contributed by atoms with Gasteiger partial charge in [0.25, 0.3) is 11.5 Å². The van der Waals surface area contributed by atoms with E-state index in [0.717, 1.165) is 24.2 Å². The van der Waals surface area contributed by atoms with E-state index in [9.17, 15) is 9.59 Å². The molecule has 142 valence electrons. The van der Waals surface area contributed by atoms with Gasteiger partial charge in [-0.1, -0.05) is 30.9 Å². The van der Waals surface area contributed by atoms with Crippen LogP contribution in [0, 0.1) is 0 Å². The monoisotopic (exact) mass is 386 g/mol. The number of imidazole rings is 1. The van der Waals surface area contributed by atoms with Gasteiger partial charge in [-0.05, 0) is 31.9 Å². The predicted molar refractivity (Wildman–Crippen MR) is 107 cm³/mol. The lowest BCUT2D eigenvalue weighted by Gasteiger charge is -2.21. The number of carbonyl (C=O) groups excluding carboxylic acids is 1. The molecular weight excluding hydrogens is 364 g/mol. The Balaban J connectivity index is 1.95. The summed E-state index contributed by atoms with van der Waals surface area (Å²) < 4.78 is 1.92. The predicted octanol–water partition coefficient (Wildman–Crippen LogP) is 3.97. The molecule has 6 nitrogen and oxygen atoms in total. The number of halogens is 1. The standard InChI is InChI=1S/C20H23ClN4O2/c1-3-24(2)20(27)13-9-15-16(10-14(13)21)25-17(19(26)23-15)11-22-18(25)12-7-5-4-6-8-12/h9-12H,3-8H2,1-2H3,(H,23,26). The zero-order chi connectivity index (χ0) is 19.1. The number of aromatic amines is 1. The molecule has 2 heterocycles. The minimum absolute atomic E-state index is 0.163. The fourth-order valence-electron chi connectivity index (χ4n) is 3.98. The van der Waals surface area contributed by atoms with Crippen molar-refractivity contribution >= 4 is 34.1 Å². The Morgan fingerprint density at radius 2 is 2.04 bits per heavy atom. The summed E-state index contributed by atoms with van der Waals surface area (Å²) in [7, 11) is 1.73. The summed E-state index contributed by atoms with van der Waals surface area (Å²) in [4.78, 5) is 34.2. The van der Waals surface area contributed by atoms with Crippen molar-refractivity contribution in [2.24, 2.45) is 0 Å². The van der Waals surface area contributed by atoms with E-state index in [4.69, 9.17) is 11.6 Å². The Bertz CT molecular complexity index is 1080. The molecule has 1 fully saturated rings. The number of carbonyl (C=O) groups is 1. The Morgan fingerprint density at radius 3 is 2.74 bits per heavy atom. The average Bonchev–Trinajstić information content (AvgIpc) is 3.14. The molecular formula is C20H23ClN4O2. The zero-order valence-corrected chi connectivity index (χ0v) is 16.3. The van der Waals surface area contributed by atoms with Crippen LogP contribution in [0.15, 0.2) is 23.1 Å². The molecule has 0 spiro atoms. The van der Waals surface area contributed by atoms with Gasteiger partial charge in [0, 0.05) is 19.5 Å².